The second-order valence-electron chi connectivity index (χ2n) is 7.10. The van der Waals surface area contributed by atoms with Gasteiger partial charge in [0.15, 0.2) is 0 Å². The van der Waals surface area contributed by atoms with E-state index in [1.165, 1.54) is 27.1 Å². The van der Waals surface area contributed by atoms with Gasteiger partial charge in [0.05, 0.1) is 6.54 Å². The molecule has 2 aromatic carbocycles. The molecule has 2 atom stereocenters. The number of hydrogen-bond donors (Lipinski definition) is 2. The first-order valence-electron chi connectivity index (χ1n) is 9.36. The van der Waals surface area contributed by atoms with Crippen molar-refractivity contribution >= 4 is 29.7 Å². The summed E-state index contributed by atoms with van der Waals surface area (Å²) in [6.07, 6.45) is 2.10. The maximum Gasteiger partial charge on any atom is 0.317 e. The van der Waals surface area contributed by atoms with Gasteiger partial charge < -0.3 is 10.4 Å². The maximum atomic E-state index is 10.9. The van der Waals surface area contributed by atoms with Crippen molar-refractivity contribution in [3.8, 4) is 10.4 Å². The van der Waals surface area contributed by atoms with Crippen molar-refractivity contribution in [2.75, 3.05) is 13.1 Å². The second kappa shape index (κ2) is 9.37. The number of carbonyl (C=O) groups is 1. The van der Waals surface area contributed by atoms with Crippen LogP contribution in [0.5, 0.6) is 0 Å². The summed E-state index contributed by atoms with van der Waals surface area (Å²) in [4.78, 5) is 12.2. The van der Waals surface area contributed by atoms with Gasteiger partial charge in [0.1, 0.15) is 0 Å². The summed E-state index contributed by atoms with van der Waals surface area (Å²) in [6, 6.07) is 21.7. The average molecular weight is 414 g/mol. The zero-order chi connectivity index (χ0) is 18.6. The minimum Gasteiger partial charge on any atom is -0.480 e. The van der Waals surface area contributed by atoms with Crippen molar-refractivity contribution in [3.63, 3.8) is 0 Å². The number of halogens is 1. The Bertz CT molecular complexity index is 912. The number of hydrogen-bond acceptors (Lipinski definition) is 3. The number of thiophene rings is 1. The smallest absolute Gasteiger partial charge is 0.317 e. The molecule has 0 saturated heterocycles. The third-order valence-corrected chi connectivity index (χ3v) is 6.30. The quantitative estimate of drug-likeness (QED) is 0.583. The summed E-state index contributed by atoms with van der Waals surface area (Å²) in [5.74, 6) is -0.108. The molecule has 0 amide bonds. The fourth-order valence-corrected chi connectivity index (χ4v) is 4.90. The molecule has 0 spiro atoms. The summed E-state index contributed by atoms with van der Waals surface area (Å²) in [5, 5.41) is 14.2. The normalized spacial score (nSPS) is 18.1. The van der Waals surface area contributed by atoms with Crippen LogP contribution in [0.25, 0.3) is 10.4 Å². The van der Waals surface area contributed by atoms with E-state index < -0.39 is 5.97 Å². The van der Waals surface area contributed by atoms with Gasteiger partial charge in [-0.2, -0.15) is 0 Å². The van der Waals surface area contributed by atoms with E-state index in [-0.39, 0.29) is 19.0 Å². The summed E-state index contributed by atoms with van der Waals surface area (Å²) in [5.41, 5.74) is 5.40. The van der Waals surface area contributed by atoms with Gasteiger partial charge >= 0.3 is 5.97 Å². The Balaban J connectivity index is 0.00000225. The van der Waals surface area contributed by atoms with Crippen molar-refractivity contribution in [3.05, 3.63) is 82.7 Å². The molecule has 4 rings (SSSR count). The Labute approximate surface area is 175 Å². The fourth-order valence-electron chi connectivity index (χ4n) is 4.18. The molecule has 2 N–H and O–H groups in total. The zero-order valence-electron chi connectivity index (χ0n) is 15.5. The molecular weight excluding hydrogens is 390 g/mol. The molecule has 1 aliphatic rings. The van der Waals surface area contributed by atoms with Crippen LogP contribution in [0.2, 0.25) is 0 Å². The van der Waals surface area contributed by atoms with Crippen LogP contribution < -0.4 is 5.32 Å². The Kier molecular flexibility index (Phi) is 6.89. The number of rotatable bonds is 6. The number of carboxylic acid groups (broad SMARTS) is 1. The van der Waals surface area contributed by atoms with E-state index in [4.69, 9.17) is 5.11 Å². The topological polar surface area (TPSA) is 49.3 Å². The minimum absolute atomic E-state index is 0. The van der Waals surface area contributed by atoms with Gasteiger partial charge in [0.25, 0.3) is 0 Å². The molecule has 146 valence electrons. The Morgan fingerprint density at radius 1 is 1.11 bits per heavy atom. The molecule has 1 aromatic heterocycles. The predicted octanol–water partition coefficient (Wildman–Crippen LogP) is 5.21. The lowest BCUT2D eigenvalue weighted by Gasteiger charge is -2.34. The molecule has 3 aromatic rings. The highest BCUT2D eigenvalue weighted by atomic mass is 35.5. The van der Waals surface area contributed by atoms with Crippen molar-refractivity contribution in [1.29, 1.82) is 0 Å². The molecule has 0 bridgehead atoms. The van der Waals surface area contributed by atoms with Crippen LogP contribution in [-0.2, 0) is 11.2 Å². The molecule has 2 unspecified atom stereocenters. The number of fused-ring (bicyclic) bond motifs is 1. The number of carboxylic acids is 1. The molecule has 0 aliphatic heterocycles. The van der Waals surface area contributed by atoms with Gasteiger partial charge in [-0.1, -0.05) is 54.6 Å². The van der Waals surface area contributed by atoms with Crippen molar-refractivity contribution in [2.24, 2.45) is 5.92 Å². The lowest BCUT2D eigenvalue weighted by atomic mass is 9.71. The highest BCUT2D eigenvalue weighted by Crippen LogP contribution is 2.42. The van der Waals surface area contributed by atoms with Crippen LogP contribution in [0.1, 0.15) is 29.0 Å². The minimum atomic E-state index is -0.803. The third-order valence-electron chi connectivity index (χ3n) is 5.38. The van der Waals surface area contributed by atoms with Crippen LogP contribution in [0.4, 0.5) is 0 Å². The van der Waals surface area contributed by atoms with E-state index in [1.807, 2.05) is 6.07 Å². The monoisotopic (exact) mass is 413 g/mol. The number of aryl methyl sites for hydroxylation is 1. The van der Waals surface area contributed by atoms with E-state index in [9.17, 15) is 4.79 Å². The molecule has 0 radical (unpaired) electrons. The first kappa shape index (κ1) is 20.6. The van der Waals surface area contributed by atoms with Gasteiger partial charge in [-0.25, -0.2) is 0 Å². The number of benzene rings is 2. The van der Waals surface area contributed by atoms with Crippen molar-refractivity contribution in [2.45, 2.75) is 18.8 Å². The van der Waals surface area contributed by atoms with E-state index in [0.717, 1.165) is 19.4 Å². The highest BCUT2D eigenvalue weighted by Gasteiger charge is 2.30. The SMILES string of the molecule is Cl.O=C(O)CNCC1CCc2cc(-c3cccs3)ccc2C1c1ccccc1. The van der Waals surface area contributed by atoms with Crippen molar-refractivity contribution in [1.82, 2.24) is 5.32 Å². The van der Waals surface area contributed by atoms with Crippen LogP contribution in [-0.4, -0.2) is 24.2 Å². The Morgan fingerprint density at radius 2 is 1.93 bits per heavy atom. The highest BCUT2D eigenvalue weighted by molar-refractivity contribution is 7.13. The summed E-state index contributed by atoms with van der Waals surface area (Å²) < 4.78 is 0. The number of aliphatic carboxylic acids is 1. The van der Waals surface area contributed by atoms with Crippen molar-refractivity contribution < 1.29 is 9.90 Å². The molecule has 1 aliphatic carbocycles. The van der Waals surface area contributed by atoms with Gasteiger partial charge in [-0.05, 0) is 59.0 Å². The van der Waals surface area contributed by atoms with E-state index in [0.29, 0.717) is 11.8 Å². The lowest BCUT2D eigenvalue weighted by molar-refractivity contribution is -0.136. The molecule has 5 heteroatoms. The van der Waals surface area contributed by atoms with Crippen LogP contribution in [0.3, 0.4) is 0 Å². The molecule has 0 fully saturated rings. The number of nitrogens with one attached hydrogen (secondary N) is 1. The molecule has 28 heavy (non-hydrogen) atoms. The Morgan fingerprint density at radius 3 is 2.64 bits per heavy atom. The first-order valence-corrected chi connectivity index (χ1v) is 10.2. The molecule has 0 saturated carbocycles. The zero-order valence-corrected chi connectivity index (χ0v) is 17.1. The largest absolute Gasteiger partial charge is 0.480 e. The van der Waals surface area contributed by atoms with E-state index in [1.54, 1.807) is 11.3 Å². The van der Waals surface area contributed by atoms with Gasteiger partial charge in [0, 0.05) is 10.8 Å². The van der Waals surface area contributed by atoms with E-state index in [2.05, 4.69) is 65.3 Å². The summed E-state index contributed by atoms with van der Waals surface area (Å²) >= 11 is 1.77. The third kappa shape index (κ3) is 4.46. The fraction of sp³-hybridized carbons (Fsp3) is 0.261. The summed E-state index contributed by atoms with van der Waals surface area (Å²) in [7, 11) is 0. The van der Waals surface area contributed by atoms with Crippen LogP contribution >= 0.6 is 23.7 Å². The van der Waals surface area contributed by atoms with Crippen LogP contribution in [0.15, 0.2) is 66.0 Å². The van der Waals surface area contributed by atoms with Gasteiger partial charge in [-0.3, -0.25) is 4.79 Å². The standard InChI is InChI=1S/C23H23NO2S.ClH/c25-22(26)15-24-14-19-9-8-17-13-18(21-7-4-12-27-21)10-11-20(17)23(19)16-5-2-1-3-6-16;/h1-7,10-13,19,23-24H,8-9,14-15H2,(H,25,26);1H. The summed E-state index contributed by atoms with van der Waals surface area (Å²) in [6.45, 7) is 0.736. The lowest BCUT2D eigenvalue weighted by Crippen LogP contribution is -2.34. The predicted molar refractivity (Wildman–Crippen MR) is 118 cm³/mol. The molecule has 3 nitrogen and oxygen atoms in total. The van der Waals surface area contributed by atoms with E-state index >= 15 is 0 Å². The second-order valence-corrected chi connectivity index (χ2v) is 8.05. The van der Waals surface area contributed by atoms with Crippen LogP contribution in [0, 0.1) is 5.92 Å². The average Bonchev–Trinajstić information content (AvgIpc) is 3.22. The molecular formula is C23H24ClNO2S. The maximum absolute atomic E-state index is 10.9. The molecule has 1 heterocycles. The van der Waals surface area contributed by atoms with Gasteiger partial charge in [-0.15, -0.1) is 23.7 Å². The first-order chi connectivity index (χ1) is 13.2. The van der Waals surface area contributed by atoms with Gasteiger partial charge in [0.2, 0.25) is 0 Å². The Hall–Kier alpha value is -2.14.